The Morgan fingerprint density at radius 3 is 1.46 bits per heavy atom. The average Bonchev–Trinajstić information content (AvgIpc) is 3.16. The van der Waals surface area contributed by atoms with E-state index in [1.807, 2.05) is 0 Å². The molecule has 6 nitrogen and oxygen atoms in total. The number of carbonyl (C=O) groups is 4. The molecule has 2 heterocycles. The molecule has 2 unspecified atom stereocenters. The lowest BCUT2D eigenvalue weighted by molar-refractivity contribution is -0.112. The van der Waals surface area contributed by atoms with Crippen LogP contribution < -0.4 is 10.6 Å². The summed E-state index contributed by atoms with van der Waals surface area (Å²) in [7, 11) is 0. The van der Waals surface area contributed by atoms with Gasteiger partial charge in [0.15, 0.2) is 0 Å². The third-order valence-corrected chi connectivity index (χ3v) is 5.91. The van der Waals surface area contributed by atoms with Gasteiger partial charge in [0.25, 0.3) is 11.8 Å². The minimum absolute atomic E-state index is 0.0153. The smallest absolute Gasteiger partial charge is 0.251 e. The van der Waals surface area contributed by atoms with E-state index in [9.17, 15) is 19.2 Å². The first-order valence-electron chi connectivity index (χ1n) is 7.59. The van der Waals surface area contributed by atoms with Crippen molar-refractivity contribution >= 4 is 45.6 Å². The Morgan fingerprint density at radius 1 is 0.792 bits per heavy atom. The van der Waals surface area contributed by atoms with Crippen LogP contribution in [0.25, 0.3) is 0 Å². The molecule has 0 aliphatic carbocycles. The molecule has 2 amide bonds. The standard InChI is InChI=1S/C16H16N2O4S2/c19-13(17-11-5-7-23-15(11)21)9-1-2-10(4-3-9)14(20)18-12-6-8-24-16(12)22/h1-4,11-12H,5-8H2,(H,17,19)(H,18,20). The second-order valence-electron chi connectivity index (χ2n) is 5.54. The molecule has 0 saturated carbocycles. The number of nitrogens with one attached hydrogen (secondary N) is 2. The van der Waals surface area contributed by atoms with Crippen molar-refractivity contribution < 1.29 is 19.2 Å². The van der Waals surface area contributed by atoms with Crippen LogP contribution in [-0.2, 0) is 9.59 Å². The highest BCUT2D eigenvalue weighted by Crippen LogP contribution is 2.21. The van der Waals surface area contributed by atoms with Crippen LogP contribution in [0.5, 0.6) is 0 Å². The normalized spacial score (nSPS) is 23.3. The fraction of sp³-hybridized carbons (Fsp3) is 0.375. The first-order valence-corrected chi connectivity index (χ1v) is 9.57. The topological polar surface area (TPSA) is 92.3 Å². The van der Waals surface area contributed by atoms with Crippen LogP contribution in [0.2, 0.25) is 0 Å². The maximum Gasteiger partial charge on any atom is 0.251 e. The summed E-state index contributed by atoms with van der Waals surface area (Å²) >= 11 is 2.46. The van der Waals surface area contributed by atoms with Gasteiger partial charge in [-0.25, -0.2) is 0 Å². The van der Waals surface area contributed by atoms with Crippen molar-refractivity contribution in [1.29, 1.82) is 0 Å². The molecule has 2 aliphatic rings. The van der Waals surface area contributed by atoms with Gasteiger partial charge in [0.05, 0.1) is 12.1 Å². The van der Waals surface area contributed by atoms with Gasteiger partial charge in [-0.05, 0) is 37.1 Å². The van der Waals surface area contributed by atoms with E-state index in [2.05, 4.69) is 10.6 Å². The van der Waals surface area contributed by atoms with E-state index in [4.69, 9.17) is 0 Å². The van der Waals surface area contributed by atoms with Gasteiger partial charge in [-0.3, -0.25) is 19.2 Å². The van der Waals surface area contributed by atoms with Crippen molar-refractivity contribution in [3.05, 3.63) is 35.4 Å². The third-order valence-electron chi connectivity index (χ3n) is 3.89. The van der Waals surface area contributed by atoms with Gasteiger partial charge in [0.1, 0.15) is 0 Å². The number of hydrogen-bond donors (Lipinski definition) is 2. The Balaban J connectivity index is 1.60. The molecule has 126 valence electrons. The van der Waals surface area contributed by atoms with Gasteiger partial charge in [-0.15, -0.1) is 0 Å². The van der Waals surface area contributed by atoms with E-state index >= 15 is 0 Å². The number of hydrogen-bond acceptors (Lipinski definition) is 6. The summed E-state index contributed by atoms with van der Waals surface area (Å²) in [5.41, 5.74) is 0.785. The zero-order chi connectivity index (χ0) is 17.1. The van der Waals surface area contributed by atoms with Crippen LogP contribution in [0.15, 0.2) is 24.3 Å². The minimum Gasteiger partial charge on any atom is -0.341 e. The fourth-order valence-corrected chi connectivity index (χ4v) is 4.38. The lowest BCUT2D eigenvalue weighted by atomic mass is 10.1. The monoisotopic (exact) mass is 364 g/mol. The molecule has 0 aromatic heterocycles. The van der Waals surface area contributed by atoms with E-state index in [-0.39, 0.29) is 22.0 Å². The predicted molar refractivity (Wildman–Crippen MR) is 93.1 cm³/mol. The second kappa shape index (κ2) is 7.40. The third kappa shape index (κ3) is 3.81. The largest absolute Gasteiger partial charge is 0.341 e. The van der Waals surface area contributed by atoms with E-state index in [0.717, 1.165) is 11.5 Å². The molecule has 0 spiro atoms. The Morgan fingerprint density at radius 2 is 1.17 bits per heavy atom. The zero-order valence-electron chi connectivity index (χ0n) is 12.7. The Bertz CT molecular complexity index is 631. The van der Waals surface area contributed by atoms with Crippen LogP contribution in [0.3, 0.4) is 0 Å². The zero-order valence-corrected chi connectivity index (χ0v) is 14.4. The van der Waals surface area contributed by atoms with Crippen LogP contribution in [0, 0.1) is 0 Å². The van der Waals surface area contributed by atoms with Crippen molar-refractivity contribution in [3.63, 3.8) is 0 Å². The maximum absolute atomic E-state index is 12.1. The predicted octanol–water partition coefficient (Wildman–Crippen LogP) is 1.21. The van der Waals surface area contributed by atoms with Gasteiger partial charge in [-0.2, -0.15) is 0 Å². The Hall–Kier alpha value is -1.80. The van der Waals surface area contributed by atoms with Gasteiger partial charge >= 0.3 is 0 Å². The van der Waals surface area contributed by atoms with E-state index in [1.54, 1.807) is 24.3 Å². The van der Waals surface area contributed by atoms with Gasteiger partial charge < -0.3 is 10.6 Å². The highest BCUT2D eigenvalue weighted by molar-refractivity contribution is 8.14. The van der Waals surface area contributed by atoms with Crippen molar-refractivity contribution in [2.75, 3.05) is 11.5 Å². The van der Waals surface area contributed by atoms with Gasteiger partial charge in [-0.1, -0.05) is 23.5 Å². The first-order chi connectivity index (χ1) is 11.5. The van der Waals surface area contributed by atoms with E-state index in [1.165, 1.54) is 23.5 Å². The van der Waals surface area contributed by atoms with Crippen LogP contribution in [0.4, 0.5) is 0 Å². The molecule has 0 radical (unpaired) electrons. The van der Waals surface area contributed by atoms with Crippen LogP contribution in [-0.4, -0.2) is 45.6 Å². The van der Waals surface area contributed by atoms with Gasteiger partial charge in [0, 0.05) is 22.6 Å². The number of carbonyl (C=O) groups excluding carboxylic acids is 4. The molecular weight excluding hydrogens is 348 g/mol. The Labute approximate surface area is 147 Å². The molecule has 24 heavy (non-hydrogen) atoms. The lowest BCUT2D eigenvalue weighted by Crippen LogP contribution is -2.37. The maximum atomic E-state index is 12.1. The number of rotatable bonds is 4. The molecule has 2 aliphatic heterocycles. The summed E-state index contributed by atoms with van der Waals surface area (Å²) in [6, 6.07) is 5.31. The molecule has 2 N–H and O–H groups in total. The molecule has 2 atom stereocenters. The van der Waals surface area contributed by atoms with Crippen molar-refractivity contribution in [2.24, 2.45) is 0 Å². The fourth-order valence-electron chi connectivity index (χ4n) is 2.51. The van der Waals surface area contributed by atoms with Crippen LogP contribution in [0.1, 0.15) is 33.6 Å². The van der Waals surface area contributed by atoms with Crippen LogP contribution >= 0.6 is 23.5 Å². The van der Waals surface area contributed by atoms with Crippen molar-refractivity contribution in [1.82, 2.24) is 10.6 Å². The van der Waals surface area contributed by atoms with Gasteiger partial charge in [0.2, 0.25) is 10.2 Å². The Kier molecular flexibility index (Phi) is 5.25. The summed E-state index contributed by atoms with van der Waals surface area (Å²) in [6.45, 7) is 0. The summed E-state index contributed by atoms with van der Waals surface area (Å²) < 4.78 is 0. The second-order valence-corrected chi connectivity index (χ2v) is 7.74. The molecule has 1 aromatic carbocycles. The summed E-state index contributed by atoms with van der Waals surface area (Å²) in [5, 5.41) is 5.37. The molecule has 2 fully saturated rings. The highest BCUT2D eigenvalue weighted by Gasteiger charge is 2.28. The summed E-state index contributed by atoms with van der Waals surface area (Å²) in [6.07, 6.45) is 1.28. The molecule has 1 aromatic rings. The number of thioether (sulfide) groups is 2. The van der Waals surface area contributed by atoms with Crippen molar-refractivity contribution in [3.8, 4) is 0 Å². The quantitative estimate of drug-likeness (QED) is 0.834. The average molecular weight is 364 g/mol. The number of amides is 2. The van der Waals surface area contributed by atoms with E-state index in [0.29, 0.717) is 24.0 Å². The summed E-state index contributed by atoms with van der Waals surface area (Å²) in [5.74, 6) is 0.789. The number of benzene rings is 1. The van der Waals surface area contributed by atoms with E-state index < -0.39 is 12.1 Å². The molecular formula is C16H16N2O4S2. The molecule has 2 saturated heterocycles. The highest BCUT2D eigenvalue weighted by atomic mass is 32.2. The first kappa shape index (κ1) is 17.0. The lowest BCUT2D eigenvalue weighted by Gasteiger charge is -2.12. The molecule has 8 heteroatoms. The summed E-state index contributed by atoms with van der Waals surface area (Å²) in [4.78, 5) is 47.3. The minimum atomic E-state index is -0.434. The molecule has 0 bridgehead atoms. The molecule has 3 rings (SSSR count). The SMILES string of the molecule is O=C(NC1CCSC1=O)c1ccc(C(=O)NC2CCSC2=O)cc1. The van der Waals surface area contributed by atoms with Crippen molar-refractivity contribution in [2.45, 2.75) is 24.9 Å².